The highest BCUT2D eigenvalue weighted by Crippen LogP contribution is 2.30. The molecule has 5 aromatic rings. The van der Waals surface area contributed by atoms with E-state index >= 15 is 0 Å². The molecule has 64 heavy (non-hydrogen) atoms. The minimum atomic E-state index is -0.548. The molecule has 0 aliphatic heterocycles. The standard InChI is InChI=1S/C54H70N2O8/c1-5-7-9-11-13-15-17-19-21-23-37-60-46-33-35-48(41(3)39-46)53(57)62-44-29-25-42(26-30-44)51-55-56-52(64-51)43-27-31-45(32-28-43)63-54(58)49-36-34-47(40-50(49)59-4)61-38-24-22-20-18-16-14-12-10-8-6-2/h25-36,39-40H,5-24,37-38H2,1-4H3. The molecule has 0 bridgehead atoms. The summed E-state index contributed by atoms with van der Waals surface area (Å²) in [5, 5.41) is 8.43. The van der Waals surface area contributed by atoms with Crippen LogP contribution in [0.2, 0.25) is 0 Å². The summed E-state index contributed by atoms with van der Waals surface area (Å²) in [5.74, 6) is 2.13. The summed E-state index contributed by atoms with van der Waals surface area (Å²) in [6.07, 6.45) is 25.4. The van der Waals surface area contributed by atoms with Gasteiger partial charge in [0.25, 0.3) is 0 Å². The van der Waals surface area contributed by atoms with E-state index in [1.165, 1.54) is 116 Å². The third-order valence-corrected chi connectivity index (χ3v) is 11.4. The van der Waals surface area contributed by atoms with Crippen LogP contribution in [0.3, 0.4) is 0 Å². The van der Waals surface area contributed by atoms with Gasteiger partial charge in [0.05, 0.1) is 25.9 Å². The largest absolute Gasteiger partial charge is 0.496 e. The zero-order chi connectivity index (χ0) is 45.2. The second-order valence-corrected chi connectivity index (χ2v) is 16.6. The Labute approximate surface area is 381 Å². The molecule has 0 saturated carbocycles. The molecule has 0 amide bonds. The molecule has 0 saturated heterocycles. The number of nitrogens with zero attached hydrogens (tertiary/aromatic N) is 2. The van der Waals surface area contributed by atoms with Crippen molar-refractivity contribution in [3.05, 3.63) is 102 Å². The van der Waals surface area contributed by atoms with E-state index in [1.807, 2.05) is 19.1 Å². The van der Waals surface area contributed by atoms with E-state index in [4.69, 9.17) is 28.1 Å². The Balaban J connectivity index is 1.02. The second kappa shape index (κ2) is 28.2. The van der Waals surface area contributed by atoms with Crippen LogP contribution in [0.15, 0.2) is 89.3 Å². The van der Waals surface area contributed by atoms with E-state index in [0.29, 0.717) is 70.2 Å². The summed E-state index contributed by atoms with van der Waals surface area (Å²) in [4.78, 5) is 26.2. The molecule has 0 aliphatic rings. The Hall–Kier alpha value is -5.64. The molecule has 1 aromatic heterocycles. The number of carbonyl (C=O) groups excluding carboxylic acids is 2. The van der Waals surface area contributed by atoms with E-state index in [2.05, 4.69) is 24.0 Å². The molecule has 10 heteroatoms. The summed E-state index contributed by atoms with van der Waals surface area (Å²) in [7, 11) is 1.52. The number of aryl methyl sites for hydroxylation is 1. The minimum absolute atomic E-state index is 0.296. The van der Waals surface area contributed by atoms with Crippen LogP contribution in [0.1, 0.15) is 169 Å². The van der Waals surface area contributed by atoms with E-state index in [-0.39, 0.29) is 0 Å². The average Bonchev–Trinajstić information content (AvgIpc) is 3.81. The molecule has 0 atom stereocenters. The molecule has 0 fully saturated rings. The smallest absolute Gasteiger partial charge is 0.347 e. The number of hydrogen-bond donors (Lipinski definition) is 0. The predicted octanol–water partition coefficient (Wildman–Crippen LogP) is 14.8. The SMILES string of the molecule is CCCCCCCCCCCCOc1ccc(C(=O)Oc2ccc(-c3nnc(-c4ccc(OC(=O)c5ccc(OCCCCCCCCCCCC)cc5OC)cc4)o3)cc2)c(C)c1. The maximum absolute atomic E-state index is 13.1. The van der Waals surface area contributed by atoms with Gasteiger partial charge >= 0.3 is 11.9 Å². The Bertz CT molecular complexity index is 2110. The fourth-order valence-corrected chi connectivity index (χ4v) is 7.56. The Morgan fingerprint density at radius 3 is 1.27 bits per heavy atom. The van der Waals surface area contributed by atoms with Crippen LogP contribution in [0, 0.1) is 6.92 Å². The van der Waals surface area contributed by atoms with Crippen molar-refractivity contribution in [2.45, 2.75) is 149 Å². The number of methoxy groups -OCH3 is 1. The van der Waals surface area contributed by atoms with Gasteiger partial charge in [-0.2, -0.15) is 0 Å². The Morgan fingerprint density at radius 1 is 0.469 bits per heavy atom. The summed E-state index contributed by atoms with van der Waals surface area (Å²) >= 11 is 0. The molecule has 0 spiro atoms. The quantitative estimate of drug-likeness (QED) is 0.0242. The minimum Gasteiger partial charge on any atom is -0.496 e. The highest BCUT2D eigenvalue weighted by molar-refractivity contribution is 5.94. The summed E-state index contributed by atoms with van der Waals surface area (Å²) in [6, 6.07) is 24.3. The number of ether oxygens (including phenoxy) is 5. The number of aromatic nitrogens is 2. The zero-order valence-electron chi connectivity index (χ0n) is 38.8. The highest BCUT2D eigenvalue weighted by Gasteiger charge is 2.18. The Kier molecular flexibility index (Phi) is 21.8. The van der Waals surface area contributed by atoms with Crippen LogP contribution in [-0.4, -0.2) is 42.5 Å². The summed E-state index contributed by atoms with van der Waals surface area (Å²) in [6.45, 7) is 7.67. The lowest BCUT2D eigenvalue weighted by Crippen LogP contribution is -2.10. The average molecular weight is 875 g/mol. The van der Waals surface area contributed by atoms with Crippen molar-refractivity contribution in [1.29, 1.82) is 0 Å². The van der Waals surface area contributed by atoms with Crippen molar-refractivity contribution in [2.75, 3.05) is 20.3 Å². The van der Waals surface area contributed by atoms with Crippen LogP contribution in [0.25, 0.3) is 22.9 Å². The van der Waals surface area contributed by atoms with E-state index in [9.17, 15) is 9.59 Å². The summed E-state index contributed by atoms with van der Waals surface area (Å²) < 4.78 is 34.8. The molecular formula is C54H70N2O8. The lowest BCUT2D eigenvalue weighted by atomic mass is 10.1. The second-order valence-electron chi connectivity index (χ2n) is 16.6. The van der Waals surface area contributed by atoms with E-state index in [1.54, 1.807) is 72.8 Å². The van der Waals surface area contributed by atoms with Gasteiger partial charge in [0.2, 0.25) is 11.8 Å². The van der Waals surface area contributed by atoms with Crippen LogP contribution < -0.4 is 23.7 Å². The third-order valence-electron chi connectivity index (χ3n) is 11.4. The fourth-order valence-electron chi connectivity index (χ4n) is 7.56. The lowest BCUT2D eigenvalue weighted by Gasteiger charge is -2.12. The van der Waals surface area contributed by atoms with Crippen molar-refractivity contribution in [2.24, 2.45) is 0 Å². The molecule has 0 aliphatic carbocycles. The van der Waals surface area contributed by atoms with Crippen molar-refractivity contribution < 1.29 is 37.7 Å². The third kappa shape index (κ3) is 16.8. The normalized spacial score (nSPS) is 11.1. The van der Waals surface area contributed by atoms with Gasteiger partial charge < -0.3 is 28.1 Å². The van der Waals surface area contributed by atoms with Crippen molar-refractivity contribution in [1.82, 2.24) is 10.2 Å². The number of hydrogen-bond acceptors (Lipinski definition) is 10. The molecule has 0 radical (unpaired) electrons. The molecule has 10 nitrogen and oxygen atoms in total. The molecule has 344 valence electrons. The molecule has 0 N–H and O–H groups in total. The van der Waals surface area contributed by atoms with E-state index in [0.717, 1.165) is 30.6 Å². The van der Waals surface area contributed by atoms with Crippen LogP contribution >= 0.6 is 0 Å². The Morgan fingerprint density at radius 2 is 0.844 bits per heavy atom. The predicted molar refractivity (Wildman–Crippen MR) is 254 cm³/mol. The molecule has 1 heterocycles. The molecular weight excluding hydrogens is 805 g/mol. The van der Waals surface area contributed by atoms with Gasteiger partial charge in [0.15, 0.2) is 0 Å². The van der Waals surface area contributed by atoms with Gasteiger partial charge in [-0.25, -0.2) is 9.59 Å². The number of rotatable bonds is 31. The summed E-state index contributed by atoms with van der Waals surface area (Å²) in [5.41, 5.74) is 2.87. The first-order valence-electron chi connectivity index (χ1n) is 23.9. The van der Waals surface area contributed by atoms with Gasteiger partial charge in [-0.1, -0.05) is 129 Å². The van der Waals surface area contributed by atoms with Gasteiger partial charge in [-0.05, 0) is 104 Å². The fraction of sp³-hybridized carbons (Fsp3) is 0.481. The topological polar surface area (TPSA) is 119 Å². The van der Waals surface area contributed by atoms with Gasteiger partial charge in [-0.3, -0.25) is 0 Å². The zero-order valence-corrected chi connectivity index (χ0v) is 38.8. The molecule has 4 aromatic carbocycles. The number of esters is 2. The first-order chi connectivity index (χ1) is 31.4. The number of carbonyl (C=O) groups is 2. The van der Waals surface area contributed by atoms with Crippen molar-refractivity contribution in [3.63, 3.8) is 0 Å². The number of benzene rings is 4. The first-order valence-corrected chi connectivity index (χ1v) is 23.9. The van der Waals surface area contributed by atoms with Crippen LogP contribution in [0.5, 0.6) is 28.7 Å². The monoisotopic (exact) mass is 875 g/mol. The maximum Gasteiger partial charge on any atom is 0.347 e. The van der Waals surface area contributed by atoms with Crippen LogP contribution in [-0.2, 0) is 0 Å². The maximum atomic E-state index is 13.1. The molecule has 0 unspecified atom stereocenters. The van der Waals surface area contributed by atoms with Crippen molar-refractivity contribution >= 4 is 11.9 Å². The molecule has 5 rings (SSSR count). The first kappa shape index (κ1) is 49.4. The van der Waals surface area contributed by atoms with Gasteiger partial charge in [0.1, 0.15) is 34.3 Å². The van der Waals surface area contributed by atoms with Crippen molar-refractivity contribution in [3.8, 4) is 51.7 Å². The van der Waals surface area contributed by atoms with Crippen LogP contribution in [0.4, 0.5) is 0 Å². The van der Waals surface area contributed by atoms with Gasteiger partial charge in [-0.15, -0.1) is 10.2 Å². The van der Waals surface area contributed by atoms with E-state index < -0.39 is 11.9 Å². The highest BCUT2D eigenvalue weighted by atomic mass is 16.5. The lowest BCUT2D eigenvalue weighted by molar-refractivity contribution is 0.0722. The number of unbranched alkanes of at least 4 members (excludes halogenated alkanes) is 18. The van der Waals surface area contributed by atoms with Gasteiger partial charge in [0, 0.05) is 17.2 Å².